The molecule has 0 spiro atoms. The molecule has 1 heterocycles. The normalized spacial score (nSPS) is 27.7. The second kappa shape index (κ2) is 5.39. The van der Waals surface area contributed by atoms with Gasteiger partial charge in [0.2, 0.25) is 0 Å². The van der Waals surface area contributed by atoms with E-state index in [1.807, 2.05) is 0 Å². The predicted molar refractivity (Wildman–Crippen MR) is 74.8 cm³/mol. The zero-order chi connectivity index (χ0) is 13.3. The number of rotatable bonds is 4. The van der Waals surface area contributed by atoms with Crippen molar-refractivity contribution in [3.05, 3.63) is 0 Å². The van der Waals surface area contributed by atoms with Gasteiger partial charge >= 0.3 is 0 Å². The lowest BCUT2D eigenvalue weighted by molar-refractivity contribution is 0.112. The highest BCUT2D eigenvalue weighted by molar-refractivity contribution is 6.74. The molecular weight excluding hydrogens is 230 g/mol. The van der Waals surface area contributed by atoms with Crippen LogP contribution in [0.15, 0.2) is 0 Å². The van der Waals surface area contributed by atoms with Gasteiger partial charge < -0.3 is 14.4 Å². The summed E-state index contributed by atoms with van der Waals surface area (Å²) in [6, 6.07) is 0.397. The van der Waals surface area contributed by atoms with Crippen molar-refractivity contribution in [3.8, 4) is 0 Å². The third-order valence-corrected chi connectivity index (χ3v) is 8.94. The number of likely N-dealkylation sites (N-methyl/N-ethyl adjacent to an activating group) is 1. The SMILES string of the molecule is CN1CCC(O[Si](C)(C)C(C)(C)C)[C@@H]1CCO. The molecule has 0 amide bonds. The number of nitrogens with zero attached hydrogens (tertiary/aromatic N) is 1. The first-order chi connectivity index (χ1) is 7.69. The van der Waals surface area contributed by atoms with Gasteiger partial charge in [-0.1, -0.05) is 20.8 Å². The summed E-state index contributed by atoms with van der Waals surface area (Å²) in [5.41, 5.74) is 0. The Labute approximate surface area is 107 Å². The summed E-state index contributed by atoms with van der Waals surface area (Å²) in [5.74, 6) is 0. The topological polar surface area (TPSA) is 32.7 Å². The maximum absolute atomic E-state index is 9.15. The predicted octanol–water partition coefficient (Wildman–Crippen LogP) is 2.46. The molecule has 0 aromatic carbocycles. The first-order valence-corrected chi connectivity index (χ1v) is 9.59. The lowest BCUT2D eigenvalue weighted by atomic mass is 10.1. The first kappa shape index (κ1) is 15.2. The average molecular weight is 259 g/mol. The standard InChI is InChI=1S/C13H29NO2Si/c1-13(2,3)17(5,6)16-12-7-9-14(4)11(12)8-10-15/h11-12,15H,7-10H2,1-6H3/t11-,12?/m0/s1. The Kier molecular flexibility index (Phi) is 4.80. The summed E-state index contributed by atoms with van der Waals surface area (Å²) < 4.78 is 6.48. The molecule has 1 N–H and O–H groups in total. The fourth-order valence-corrected chi connectivity index (χ4v) is 3.59. The van der Waals surface area contributed by atoms with Crippen LogP contribution in [0, 0.1) is 0 Å². The van der Waals surface area contributed by atoms with E-state index in [2.05, 4.69) is 45.8 Å². The van der Waals surface area contributed by atoms with Crippen LogP contribution in [0.25, 0.3) is 0 Å². The van der Waals surface area contributed by atoms with Crippen LogP contribution >= 0.6 is 0 Å². The van der Waals surface area contributed by atoms with Crippen molar-refractivity contribution in [1.82, 2.24) is 4.90 Å². The van der Waals surface area contributed by atoms with E-state index >= 15 is 0 Å². The minimum absolute atomic E-state index is 0.256. The highest BCUT2D eigenvalue weighted by Crippen LogP contribution is 2.39. The summed E-state index contributed by atoms with van der Waals surface area (Å²) >= 11 is 0. The molecule has 0 bridgehead atoms. The molecule has 102 valence electrons. The van der Waals surface area contributed by atoms with E-state index in [9.17, 15) is 0 Å². The number of hydrogen-bond donors (Lipinski definition) is 1. The van der Waals surface area contributed by atoms with Crippen LogP contribution in [0.1, 0.15) is 33.6 Å². The van der Waals surface area contributed by atoms with Crippen LogP contribution in [-0.4, -0.2) is 50.7 Å². The molecule has 4 heteroatoms. The van der Waals surface area contributed by atoms with Crippen LogP contribution in [0.2, 0.25) is 18.1 Å². The second-order valence-corrected chi connectivity index (χ2v) is 11.5. The van der Waals surface area contributed by atoms with Crippen LogP contribution < -0.4 is 0 Å². The molecule has 0 saturated carbocycles. The largest absolute Gasteiger partial charge is 0.412 e. The fraction of sp³-hybridized carbons (Fsp3) is 1.00. The molecule has 1 aliphatic heterocycles. The van der Waals surface area contributed by atoms with Crippen LogP contribution in [-0.2, 0) is 4.43 Å². The molecule has 3 nitrogen and oxygen atoms in total. The molecule has 0 aromatic heterocycles. The van der Waals surface area contributed by atoms with Gasteiger partial charge in [0.05, 0.1) is 6.10 Å². The Hall–Kier alpha value is 0.0969. The highest BCUT2D eigenvalue weighted by Gasteiger charge is 2.42. The minimum Gasteiger partial charge on any atom is -0.412 e. The average Bonchev–Trinajstić information content (AvgIpc) is 2.48. The van der Waals surface area contributed by atoms with Gasteiger partial charge in [-0.2, -0.15) is 0 Å². The van der Waals surface area contributed by atoms with E-state index < -0.39 is 8.32 Å². The van der Waals surface area contributed by atoms with Crippen molar-refractivity contribution in [2.45, 2.75) is 63.9 Å². The molecule has 1 saturated heterocycles. The number of likely N-dealkylation sites (tertiary alicyclic amines) is 1. The Bertz CT molecular complexity index is 250. The van der Waals surface area contributed by atoms with Gasteiger partial charge in [-0.3, -0.25) is 0 Å². The van der Waals surface area contributed by atoms with Gasteiger partial charge in [-0.15, -0.1) is 0 Å². The number of aliphatic hydroxyl groups is 1. The van der Waals surface area contributed by atoms with Gasteiger partial charge in [0.1, 0.15) is 0 Å². The van der Waals surface area contributed by atoms with Crippen LogP contribution in [0.3, 0.4) is 0 Å². The Morgan fingerprint density at radius 2 is 1.94 bits per heavy atom. The zero-order valence-electron chi connectivity index (χ0n) is 12.3. The molecule has 1 rings (SSSR count). The van der Waals surface area contributed by atoms with E-state index in [1.165, 1.54) is 0 Å². The van der Waals surface area contributed by atoms with E-state index in [-0.39, 0.29) is 11.6 Å². The summed E-state index contributed by atoms with van der Waals surface area (Å²) in [4.78, 5) is 2.33. The van der Waals surface area contributed by atoms with Gasteiger partial charge in [0.15, 0.2) is 8.32 Å². The van der Waals surface area contributed by atoms with Crippen molar-refractivity contribution in [2.24, 2.45) is 0 Å². The van der Waals surface area contributed by atoms with Crippen LogP contribution in [0.5, 0.6) is 0 Å². The summed E-state index contributed by atoms with van der Waals surface area (Å²) in [7, 11) is 0.456. The molecule has 1 fully saturated rings. The third-order valence-electron chi connectivity index (χ3n) is 4.44. The van der Waals surface area contributed by atoms with Gasteiger partial charge in [0, 0.05) is 19.2 Å². The Morgan fingerprint density at radius 3 is 2.41 bits per heavy atom. The first-order valence-electron chi connectivity index (χ1n) is 6.68. The van der Waals surface area contributed by atoms with Crippen molar-refractivity contribution in [1.29, 1.82) is 0 Å². The lowest BCUT2D eigenvalue weighted by Crippen LogP contribution is -2.47. The summed E-state index contributed by atoms with van der Waals surface area (Å²) in [6.45, 7) is 12.8. The molecule has 1 unspecified atom stereocenters. The maximum Gasteiger partial charge on any atom is 0.192 e. The van der Waals surface area contributed by atoms with Crippen LogP contribution in [0.4, 0.5) is 0 Å². The minimum atomic E-state index is -1.68. The van der Waals surface area contributed by atoms with Crippen molar-refractivity contribution < 1.29 is 9.53 Å². The summed E-state index contributed by atoms with van der Waals surface area (Å²) in [5, 5.41) is 9.41. The summed E-state index contributed by atoms with van der Waals surface area (Å²) in [6.07, 6.45) is 2.25. The number of hydrogen-bond acceptors (Lipinski definition) is 3. The Morgan fingerprint density at radius 1 is 1.35 bits per heavy atom. The second-order valence-electron chi connectivity index (χ2n) is 6.77. The lowest BCUT2D eigenvalue weighted by Gasteiger charge is -2.40. The third kappa shape index (κ3) is 3.53. The van der Waals surface area contributed by atoms with Crippen molar-refractivity contribution in [2.75, 3.05) is 20.2 Å². The molecule has 0 aliphatic carbocycles. The smallest absolute Gasteiger partial charge is 0.192 e. The monoisotopic (exact) mass is 259 g/mol. The highest BCUT2D eigenvalue weighted by atomic mass is 28.4. The van der Waals surface area contributed by atoms with Crippen molar-refractivity contribution >= 4 is 8.32 Å². The molecule has 0 radical (unpaired) electrons. The van der Waals surface area contributed by atoms with E-state index in [4.69, 9.17) is 9.53 Å². The van der Waals surface area contributed by atoms with E-state index in [0.717, 1.165) is 19.4 Å². The van der Waals surface area contributed by atoms with Gasteiger partial charge in [-0.05, 0) is 38.0 Å². The molecular formula is C13H29NO2Si. The maximum atomic E-state index is 9.15. The van der Waals surface area contributed by atoms with E-state index in [0.29, 0.717) is 12.1 Å². The molecule has 0 aromatic rings. The molecule has 2 atom stereocenters. The Balaban J connectivity index is 2.68. The molecule has 1 aliphatic rings. The van der Waals surface area contributed by atoms with E-state index in [1.54, 1.807) is 0 Å². The molecule has 17 heavy (non-hydrogen) atoms. The quantitative estimate of drug-likeness (QED) is 0.787. The van der Waals surface area contributed by atoms with Gasteiger partial charge in [-0.25, -0.2) is 0 Å². The van der Waals surface area contributed by atoms with Gasteiger partial charge in [0.25, 0.3) is 0 Å². The van der Waals surface area contributed by atoms with Crippen molar-refractivity contribution in [3.63, 3.8) is 0 Å². The zero-order valence-corrected chi connectivity index (χ0v) is 13.3. The fourth-order valence-electron chi connectivity index (χ4n) is 2.20. The number of aliphatic hydroxyl groups excluding tert-OH is 1.